The van der Waals surface area contributed by atoms with E-state index < -0.39 is 0 Å². The van der Waals surface area contributed by atoms with Gasteiger partial charge in [-0.1, -0.05) is 48.5 Å². The fraction of sp³-hybridized carbons (Fsp3) is 0.333. The average molecular weight is 419 g/mol. The fourth-order valence-electron chi connectivity index (χ4n) is 3.97. The van der Waals surface area contributed by atoms with Crippen LogP contribution in [0.1, 0.15) is 37.0 Å². The summed E-state index contributed by atoms with van der Waals surface area (Å²) in [5, 5.41) is 0. The number of methoxy groups -OCH3 is 1. The quantitative estimate of drug-likeness (QED) is 0.404. The summed E-state index contributed by atoms with van der Waals surface area (Å²) >= 11 is 0. The van der Waals surface area contributed by atoms with Gasteiger partial charge in [0.05, 0.1) is 12.0 Å². The van der Waals surface area contributed by atoms with Crippen LogP contribution in [-0.4, -0.2) is 20.0 Å². The lowest BCUT2D eigenvalue weighted by Gasteiger charge is -2.24. The molecule has 4 nitrogen and oxygen atoms in total. The van der Waals surface area contributed by atoms with Crippen LogP contribution < -0.4 is 14.2 Å². The van der Waals surface area contributed by atoms with Gasteiger partial charge in [0.1, 0.15) is 23.9 Å². The van der Waals surface area contributed by atoms with Crippen LogP contribution in [0.25, 0.3) is 0 Å². The molecule has 3 aromatic rings. The van der Waals surface area contributed by atoms with E-state index in [1.54, 1.807) is 7.11 Å². The maximum Gasteiger partial charge on any atom is 0.208 e. The highest BCUT2D eigenvalue weighted by Crippen LogP contribution is 2.46. The topological polar surface area (TPSA) is 36.9 Å². The molecule has 4 rings (SSSR count). The van der Waals surface area contributed by atoms with E-state index in [1.165, 1.54) is 0 Å². The second kappa shape index (κ2) is 9.44. The van der Waals surface area contributed by atoms with Gasteiger partial charge in [-0.2, -0.15) is 0 Å². The third-order valence-corrected chi connectivity index (χ3v) is 5.73. The van der Waals surface area contributed by atoms with Crippen LogP contribution in [0.4, 0.5) is 0 Å². The smallest absolute Gasteiger partial charge is 0.208 e. The molecular formula is C27H30O4. The van der Waals surface area contributed by atoms with Crippen LogP contribution in [-0.2, 0) is 23.2 Å². The fourth-order valence-corrected chi connectivity index (χ4v) is 3.97. The van der Waals surface area contributed by atoms with Crippen molar-refractivity contribution >= 4 is 0 Å². The average Bonchev–Trinajstić information content (AvgIpc) is 3.05. The number of para-hydroxylation sites is 1. The zero-order valence-electron chi connectivity index (χ0n) is 18.5. The molecule has 1 atom stereocenters. The third kappa shape index (κ3) is 4.86. The molecule has 0 aliphatic carbocycles. The standard InChI is InChI=1S/C27H30O4/c1-27(2)23-18-24(30-19-20-11-6-4-7-12-20)21(17-25(23)31-26(27)28-3)13-10-16-29-22-14-8-5-9-15-22/h4-9,11-12,14-15,17-18,26H,10,13,16,19H2,1-3H3. The summed E-state index contributed by atoms with van der Waals surface area (Å²) in [7, 11) is 1.69. The normalized spacial score (nSPS) is 16.4. The highest BCUT2D eigenvalue weighted by molar-refractivity contribution is 5.52. The molecule has 4 heteroatoms. The van der Waals surface area contributed by atoms with Crippen LogP contribution in [0.15, 0.2) is 72.8 Å². The second-order valence-electron chi connectivity index (χ2n) is 8.40. The molecule has 1 unspecified atom stereocenters. The molecule has 0 N–H and O–H groups in total. The maximum absolute atomic E-state index is 6.29. The Labute approximate surface area is 184 Å². The van der Waals surface area contributed by atoms with Crippen LogP contribution in [0, 0.1) is 0 Å². The van der Waals surface area contributed by atoms with E-state index in [1.807, 2.05) is 48.5 Å². The van der Waals surface area contributed by atoms with E-state index in [4.69, 9.17) is 18.9 Å². The van der Waals surface area contributed by atoms with Crippen molar-refractivity contribution in [2.24, 2.45) is 0 Å². The number of ether oxygens (including phenoxy) is 4. The number of benzene rings is 3. The molecular weight excluding hydrogens is 388 g/mol. The van der Waals surface area contributed by atoms with Crippen molar-refractivity contribution in [2.75, 3.05) is 13.7 Å². The second-order valence-corrected chi connectivity index (χ2v) is 8.40. The first-order chi connectivity index (χ1) is 15.1. The van der Waals surface area contributed by atoms with Gasteiger partial charge in [0.15, 0.2) is 0 Å². The van der Waals surface area contributed by atoms with E-state index in [-0.39, 0.29) is 11.7 Å². The Bertz CT molecular complexity index is 983. The minimum Gasteiger partial charge on any atom is -0.494 e. The number of fused-ring (bicyclic) bond motifs is 1. The Kier molecular flexibility index (Phi) is 6.47. The van der Waals surface area contributed by atoms with Gasteiger partial charge in [0.2, 0.25) is 6.29 Å². The van der Waals surface area contributed by atoms with E-state index in [9.17, 15) is 0 Å². The lowest BCUT2D eigenvalue weighted by atomic mass is 9.84. The monoisotopic (exact) mass is 418 g/mol. The summed E-state index contributed by atoms with van der Waals surface area (Å²) in [5.74, 6) is 2.67. The zero-order valence-corrected chi connectivity index (χ0v) is 18.5. The summed E-state index contributed by atoms with van der Waals surface area (Å²) in [5.41, 5.74) is 3.14. The summed E-state index contributed by atoms with van der Waals surface area (Å²) in [6.07, 6.45) is 1.42. The van der Waals surface area contributed by atoms with Crippen molar-refractivity contribution in [1.82, 2.24) is 0 Å². The molecule has 0 aromatic heterocycles. The first-order valence-electron chi connectivity index (χ1n) is 10.8. The van der Waals surface area contributed by atoms with Gasteiger partial charge >= 0.3 is 0 Å². The van der Waals surface area contributed by atoms with Crippen LogP contribution >= 0.6 is 0 Å². The van der Waals surface area contributed by atoms with Crippen molar-refractivity contribution in [2.45, 2.75) is 45.0 Å². The van der Waals surface area contributed by atoms with Gasteiger partial charge in [-0.15, -0.1) is 0 Å². The summed E-state index contributed by atoms with van der Waals surface area (Å²) in [6.45, 7) is 5.46. The molecule has 1 heterocycles. The highest BCUT2D eigenvalue weighted by atomic mass is 16.7. The Morgan fingerprint density at radius 1 is 0.903 bits per heavy atom. The number of rotatable bonds is 9. The van der Waals surface area contributed by atoms with Gasteiger partial charge in [-0.25, -0.2) is 0 Å². The van der Waals surface area contributed by atoms with Gasteiger partial charge < -0.3 is 18.9 Å². The molecule has 0 spiro atoms. The first-order valence-corrected chi connectivity index (χ1v) is 10.8. The predicted octanol–water partition coefficient (Wildman–Crippen LogP) is 5.92. The predicted molar refractivity (Wildman–Crippen MR) is 122 cm³/mol. The summed E-state index contributed by atoms with van der Waals surface area (Å²) in [6, 6.07) is 24.4. The first kappa shape index (κ1) is 21.3. The molecule has 3 aromatic carbocycles. The molecule has 1 aliphatic heterocycles. The summed E-state index contributed by atoms with van der Waals surface area (Å²) < 4.78 is 23.8. The van der Waals surface area contributed by atoms with E-state index in [0.717, 1.165) is 46.8 Å². The van der Waals surface area contributed by atoms with E-state index in [0.29, 0.717) is 13.2 Å². The van der Waals surface area contributed by atoms with Crippen molar-refractivity contribution in [3.05, 3.63) is 89.5 Å². The lowest BCUT2D eigenvalue weighted by molar-refractivity contribution is -0.0779. The third-order valence-electron chi connectivity index (χ3n) is 5.73. The molecule has 0 bridgehead atoms. The minimum atomic E-state index is -0.305. The molecule has 1 aliphatic rings. The Morgan fingerprint density at radius 2 is 1.61 bits per heavy atom. The Balaban J connectivity index is 1.51. The van der Waals surface area contributed by atoms with Crippen LogP contribution in [0.5, 0.6) is 17.2 Å². The van der Waals surface area contributed by atoms with Crippen molar-refractivity contribution in [1.29, 1.82) is 0 Å². The highest BCUT2D eigenvalue weighted by Gasteiger charge is 2.42. The van der Waals surface area contributed by atoms with Crippen LogP contribution in [0.3, 0.4) is 0 Å². The Hall–Kier alpha value is -2.98. The zero-order chi connectivity index (χ0) is 21.7. The number of aryl methyl sites for hydroxylation is 1. The molecule has 0 saturated carbocycles. The molecule has 162 valence electrons. The lowest BCUT2D eigenvalue weighted by Crippen LogP contribution is -2.33. The van der Waals surface area contributed by atoms with E-state index >= 15 is 0 Å². The van der Waals surface area contributed by atoms with Gasteiger partial charge in [0.25, 0.3) is 0 Å². The number of hydrogen-bond acceptors (Lipinski definition) is 4. The van der Waals surface area contributed by atoms with Crippen LogP contribution in [0.2, 0.25) is 0 Å². The molecule has 0 saturated heterocycles. The number of hydrogen-bond donors (Lipinski definition) is 0. The molecule has 0 radical (unpaired) electrons. The molecule has 31 heavy (non-hydrogen) atoms. The van der Waals surface area contributed by atoms with Crippen molar-refractivity contribution in [3.63, 3.8) is 0 Å². The van der Waals surface area contributed by atoms with Gasteiger partial charge in [-0.3, -0.25) is 0 Å². The molecule has 0 amide bonds. The van der Waals surface area contributed by atoms with E-state index in [2.05, 4.69) is 38.1 Å². The summed E-state index contributed by atoms with van der Waals surface area (Å²) in [4.78, 5) is 0. The maximum atomic E-state index is 6.29. The SMILES string of the molecule is COC1Oc2cc(CCCOc3ccccc3)c(OCc3ccccc3)cc2C1(C)C. The Morgan fingerprint density at radius 3 is 2.32 bits per heavy atom. The van der Waals surface area contributed by atoms with Gasteiger partial charge in [-0.05, 0) is 62.1 Å². The minimum absolute atomic E-state index is 0.246. The van der Waals surface area contributed by atoms with Crippen molar-refractivity contribution < 1.29 is 18.9 Å². The van der Waals surface area contributed by atoms with Crippen molar-refractivity contribution in [3.8, 4) is 17.2 Å². The van der Waals surface area contributed by atoms with Gasteiger partial charge in [0, 0.05) is 12.7 Å². The molecule has 0 fully saturated rings. The largest absolute Gasteiger partial charge is 0.494 e.